The fraction of sp³-hybridized carbons (Fsp3) is 0.562. The molecule has 0 N–H and O–H groups in total. The molecule has 124 valence electrons. The first-order chi connectivity index (χ1) is 11.1. The summed E-state index contributed by atoms with van der Waals surface area (Å²) in [7, 11) is 1.69. The second kappa shape index (κ2) is 6.88. The Bertz CT molecular complexity index is 703. The zero-order valence-corrected chi connectivity index (χ0v) is 14.6. The highest BCUT2D eigenvalue weighted by atomic mass is 32.2. The van der Waals surface area contributed by atoms with E-state index in [-0.39, 0.29) is 5.78 Å². The maximum atomic E-state index is 12.6. The zero-order chi connectivity index (χ0) is 16.4. The molecule has 0 radical (unpaired) electrons. The van der Waals surface area contributed by atoms with E-state index in [1.54, 1.807) is 13.4 Å². The van der Waals surface area contributed by atoms with Crippen molar-refractivity contribution >= 4 is 17.5 Å². The number of carbonyl (C=O) groups is 1. The van der Waals surface area contributed by atoms with E-state index in [2.05, 4.69) is 19.3 Å². The number of rotatable bonds is 8. The third kappa shape index (κ3) is 3.50. The molecule has 0 atom stereocenters. The van der Waals surface area contributed by atoms with Crippen LogP contribution >= 0.6 is 11.8 Å². The second-order valence-corrected chi connectivity index (χ2v) is 6.84. The first-order valence-corrected chi connectivity index (χ1v) is 8.81. The van der Waals surface area contributed by atoms with Gasteiger partial charge in [-0.2, -0.15) is 0 Å². The lowest BCUT2D eigenvalue weighted by Crippen LogP contribution is -2.10. The van der Waals surface area contributed by atoms with E-state index < -0.39 is 0 Å². The molecule has 0 bridgehead atoms. The molecular weight excluding hydrogens is 312 g/mol. The molecule has 6 nitrogen and oxygen atoms in total. The number of hydrogen-bond acceptors (Lipinski definition) is 5. The zero-order valence-electron chi connectivity index (χ0n) is 13.8. The number of ether oxygens (including phenoxy) is 1. The van der Waals surface area contributed by atoms with Gasteiger partial charge in [0.15, 0.2) is 10.9 Å². The molecule has 0 spiro atoms. The summed E-state index contributed by atoms with van der Waals surface area (Å²) in [4.78, 5) is 12.6. The van der Waals surface area contributed by atoms with Crippen LogP contribution in [0.4, 0.5) is 0 Å². The number of aromatic nitrogens is 4. The number of carbonyl (C=O) groups excluding carboxylic acids is 1. The molecule has 0 amide bonds. The number of thioether (sulfide) groups is 1. The van der Waals surface area contributed by atoms with Gasteiger partial charge in [-0.25, -0.2) is 0 Å². The van der Waals surface area contributed by atoms with Crippen LogP contribution in [0, 0.1) is 13.8 Å². The van der Waals surface area contributed by atoms with E-state index in [0.717, 1.165) is 28.7 Å². The van der Waals surface area contributed by atoms with Crippen molar-refractivity contribution in [2.45, 2.75) is 44.4 Å². The number of methoxy groups -OCH3 is 1. The van der Waals surface area contributed by atoms with E-state index in [9.17, 15) is 4.79 Å². The predicted octanol–water partition coefficient (Wildman–Crippen LogP) is 2.65. The van der Waals surface area contributed by atoms with E-state index in [4.69, 9.17) is 4.74 Å². The lowest BCUT2D eigenvalue weighted by atomic mass is 10.2. The fourth-order valence-corrected chi connectivity index (χ4v) is 3.62. The van der Waals surface area contributed by atoms with Crippen molar-refractivity contribution in [3.8, 4) is 0 Å². The minimum atomic E-state index is 0.136. The molecule has 0 aromatic carbocycles. The SMILES string of the molecule is COCCn1c(C)cc(C(=O)CSc2nncn2C2CC2)c1C. The van der Waals surface area contributed by atoms with Crippen molar-refractivity contribution < 1.29 is 9.53 Å². The van der Waals surface area contributed by atoms with Gasteiger partial charge in [-0.3, -0.25) is 4.79 Å². The molecule has 1 fully saturated rings. The molecule has 2 aromatic heterocycles. The Morgan fingerprint density at radius 2 is 2.22 bits per heavy atom. The van der Waals surface area contributed by atoms with Crippen molar-refractivity contribution in [2.24, 2.45) is 0 Å². The lowest BCUT2D eigenvalue weighted by molar-refractivity contribution is 0.102. The molecule has 7 heteroatoms. The molecule has 1 aliphatic carbocycles. The standard InChI is InChI=1S/C16H22N4O2S/c1-11-8-14(12(2)19(11)6-7-22-3)15(21)9-23-16-18-17-10-20(16)13-4-5-13/h8,10,13H,4-7,9H2,1-3H3. The molecule has 23 heavy (non-hydrogen) atoms. The van der Waals surface area contributed by atoms with Crippen molar-refractivity contribution in [3.05, 3.63) is 29.3 Å². The minimum Gasteiger partial charge on any atom is -0.383 e. The smallest absolute Gasteiger partial charge is 0.191 e. The van der Waals surface area contributed by atoms with Gasteiger partial charge in [0.05, 0.1) is 12.4 Å². The summed E-state index contributed by atoms with van der Waals surface area (Å²) in [6.45, 7) is 5.43. The third-order valence-electron chi connectivity index (χ3n) is 4.21. The Hall–Kier alpha value is -1.60. The van der Waals surface area contributed by atoms with Gasteiger partial charge < -0.3 is 13.9 Å². The summed E-state index contributed by atoms with van der Waals surface area (Å²) in [6.07, 6.45) is 4.13. The highest BCUT2D eigenvalue weighted by Gasteiger charge is 2.26. The maximum absolute atomic E-state index is 12.6. The maximum Gasteiger partial charge on any atom is 0.191 e. The Morgan fingerprint density at radius 1 is 1.43 bits per heavy atom. The van der Waals surface area contributed by atoms with Gasteiger partial charge >= 0.3 is 0 Å². The Labute approximate surface area is 140 Å². The number of aryl methyl sites for hydroxylation is 1. The number of ketones is 1. The first-order valence-electron chi connectivity index (χ1n) is 7.83. The fourth-order valence-electron chi connectivity index (χ4n) is 2.76. The Kier molecular flexibility index (Phi) is 4.87. The van der Waals surface area contributed by atoms with Gasteiger partial charge in [0.25, 0.3) is 0 Å². The molecule has 1 saturated carbocycles. The van der Waals surface area contributed by atoms with Crippen molar-refractivity contribution in [1.82, 2.24) is 19.3 Å². The van der Waals surface area contributed by atoms with Crippen molar-refractivity contribution in [3.63, 3.8) is 0 Å². The Morgan fingerprint density at radius 3 is 2.91 bits per heavy atom. The monoisotopic (exact) mass is 334 g/mol. The minimum absolute atomic E-state index is 0.136. The summed E-state index contributed by atoms with van der Waals surface area (Å²) in [5.41, 5.74) is 2.89. The molecule has 0 unspecified atom stereocenters. The van der Waals surface area contributed by atoms with Crippen LogP contribution in [0.15, 0.2) is 17.6 Å². The van der Waals surface area contributed by atoms with Crippen LogP contribution in [0.5, 0.6) is 0 Å². The molecule has 2 heterocycles. The quantitative estimate of drug-likeness (QED) is 0.548. The summed E-state index contributed by atoms with van der Waals surface area (Å²) < 4.78 is 9.35. The van der Waals surface area contributed by atoms with E-state index in [0.29, 0.717) is 18.4 Å². The van der Waals surface area contributed by atoms with Crippen molar-refractivity contribution in [1.29, 1.82) is 0 Å². The van der Waals surface area contributed by atoms with Crippen LogP contribution in [0.3, 0.4) is 0 Å². The highest BCUT2D eigenvalue weighted by molar-refractivity contribution is 7.99. The molecular formula is C16H22N4O2S. The Balaban J connectivity index is 1.67. The molecule has 2 aromatic rings. The van der Waals surface area contributed by atoms with Gasteiger partial charge in [-0.05, 0) is 32.8 Å². The topological polar surface area (TPSA) is 61.9 Å². The molecule has 1 aliphatic rings. The van der Waals surface area contributed by atoms with Gasteiger partial charge in [0.1, 0.15) is 6.33 Å². The number of hydrogen-bond donors (Lipinski definition) is 0. The summed E-state index contributed by atoms with van der Waals surface area (Å²) in [5.74, 6) is 0.525. The number of nitrogens with zero attached hydrogens (tertiary/aromatic N) is 4. The highest BCUT2D eigenvalue weighted by Crippen LogP contribution is 2.37. The van der Waals surface area contributed by atoms with Gasteiger partial charge in [-0.15, -0.1) is 10.2 Å². The summed E-state index contributed by atoms with van der Waals surface area (Å²) in [6, 6.07) is 2.50. The van der Waals surface area contributed by atoms with Gasteiger partial charge in [0, 0.05) is 36.6 Å². The summed E-state index contributed by atoms with van der Waals surface area (Å²) in [5, 5.41) is 8.94. The van der Waals surface area contributed by atoms with E-state index in [1.807, 2.05) is 19.9 Å². The van der Waals surface area contributed by atoms with Crippen LogP contribution in [-0.4, -0.2) is 44.6 Å². The predicted molar refractivity (Wildman–Crippen MR) is 89.1 cm³/mol. The van der Waals surface area contributed by atoms with E-state index >= 15 is 0 Å². The van der Waals surface area contributed by atoms with Crippen LogP contribution in [0.2, 0.25) is 0 Å². The van der Waals surface area contributed by atoms with Crippen LogP contribution in [0.25, 0.3) is 0 Å². The van der Waals surface area contributed by atoms with Crippen LogP contribution in [-0.2, 0) is 11.3 Å². The molecule has 0 saturated heterocycles. The third-order valence-corrected chi connectivity index (χ3v) is 5.16. The number of Topliss-reactive ketones (excluding diaryl/α,β-unsaturated/α-hetero) is 1. The van der Waals surface area contributed by atoms with E-state index in [1.165, 1.54) is 24.6 Å². The average molecular weight is 334 g/mol. The largest absolute Gasteiger partial charge is 0.383 e. The average Bonchev–Trinajstić information content (AvgIpc) is 3.21. The van der Waals surface area contributed by atoms with Gasteiger partial charge in [-0.1, -0.05) is 11.8 Å². The van der Waals surface area contributed by atoms with Crippen LogP contribution in [0.1, 0.15) is 40.6 Å². The van der Waals surface area contributed by atoms with Gasteiger partial charge in [0.2, 0.25) is 0 Å². The first kappa shape index (κ1) is 16.3. The van der Waals surface area contributed by atoms with Crippen LogP contribution < -0.4 is 0 Å². The lowest BCUT2D eigenvalue weighted by Gasteiger charge is -2.08. The summed E-state index contributed by atoms with van der Waals surface area (Å²) >= 11 is 1.47. The molecule has 3 rings (SSSR count). The second-order valence-electron chi connectivity index (χ2n) is 5.89. The molecule has 0 aliphatic heterocycles. The van der Waals surface area contributed by atoms with Crippen molar-refractivity contribution in [2.75, 3.05) is 19.5 Å². The normalized spacial score (nSPS) is 14.4.